The van der Waals surface area contributed by atoms with E-state index in [1.807, 2.05) is 11.4 Å². The largest absolute Gasteiger partial charge is 0.355 e. The molecule has 0 saturated carbocycles. The normalized spacial score (nSPS) is 11.7. The van der Waals surface area contributed by atoms with E-state index >= 15 is 0 Å². The molecular weight excluding hydrogens is 278 g/mol. The maximum atomic E-state index is 6.05. The van der Waals surface area contributed by atoms with Gasteiger partial charge in [0.05, 0.1) is 10.2 Å². The molecule has 104 valence electrons. The molecule has 3 nitrogen and oxygen atoms in total. The van der Waals surface area contributed by atoms with Crippen molar-refractivity contribution in [2.45, 2.75) is 27.7 Å². The molecule has 0 spiro atoms. The van der Waals surface area contributed by atoms with Crippen LogP contribution in [0.5, 0.6) is 0 Å². The number of aromatic nitrogens is 2. The Kier molecular flexibility index (Phi) is 4.63. The number of halogens is 1. The van der Waals surface area contributed by atoms with Gasteiger partial charge in [0, 0.05) is 13.1 Å². The van der Waals surface area contributed by atoms with Gasteiger partial charge in [0.2, 0.25) is 5.28 Å². The number of rotatable bonds is 5. The highest BCUT2D eigenvalue weighted by atomic mass is 35.5. The maximum absolute atomic E-state index is 6.05. The van der Waals surface area contributed by atoms with Crippen molar-refractivity contribution in [1.82, 2.24) is 9.97 Å². The lowest BCUT2D eigenvalue weighted by Crippen LogP contribution is -2.32. The Morgan fingerprint density at radius 1 is 1.16 bits per heavy atom. The fraction of sp³-hybridized carbons (Fsp3) is 0.571. The second kappa shape index (κ2) is 6.06. The van der Waals surface area contributed by atoms with Gasteiger partial charge in [0.1, 0.15) is 0 Å². The number of fused-ring (bicyclic) bond motifs is 1. The fourth-order valence-electron chi connectivity index (χ4n) is 2.16. The average Bonchev–Trinajstić information content (AvgIpc) is 2.73. The van der Waals surface area contributed by atoms with Gasteiger partial charge in [-0.25, -0.2) is 4.98 Å². The second-order valence-electron chi connectivity index (χ2n) is 5.64. The van der Waals surface area contributed by atoms with Crippen LogP contribution in [0.2, 0.25) is 5.28 Å². The summed E-state index contributed by atoms with van der Waals surface area (Å²) in [6, 6.07) is 2.00. The van der Waals surface area contributed by atoms with Crippen LogP contribution in [0.4, 0.5) is 5.82 Å². The molecule has 2 rings (SSSR count). The molecule has 2 heterocycles. The molecule has 2 aromatic heterocycles. The van der Waals surface area contributed by atoms with Crippen molar-refractivity contribution in [2.24, 2.45) is 11.8 Å². The summed E-state index contributed by atoms with van der Waals surface area (Å²) < 4.78 is 1.13. The molecule has 0 aliphatic carbocycles. The summed E-state index contributed by atoms with van der Waals surface area (Å²) in [6.45, 7) is 10.9. The highest BCUT2D eigenvalue weighted by molar-refractivity contribution is 7.17. The summed E-state index contributed by atoms with van der Waals surface area (Å²) in [7, 11) is 0. The van der Waals surface area contributed by atoms with E-state index < -0.39 is 0 Å². The van der Waals surface area contributed by atoms with E-state index in [9.17, 15) is 0 Å². The topological polar surface area (TPSA) is 29.0 Å². The third-order valence-corrected chi connectivity index (χ3v) is 3.80. The van der Waals surface area contributed by atoms with Crippen LogP contribution in [0.3, 0.4) is 0 Å². The third kappa shape index (κ3) is 3.57. The highest BCUT2D eigenvalue weighted by Gasteiger charge is 2.17. The summed E-state index contributed by atoms with van der Waals surface area (Å²) in [5, 5.41) is 2.38. The van der Waals surface area contributed by atoms with E-state index in [-0.39, 0.29) is 0 Å². The number of hydrogen-bond donors (Lipinski definition) is 0. The molecule has 0 aliphatic rings. The van der Waals surface area contributed by atoms with Crippen LogP contribution < -0.4 is 4.90 Å². The van der Waals surface area contributed by atoms with E-state index in [2.05, 4.69) is 42.6 Å². The SMILES string of the molecule is CC(C)CN(CC(C)C)c1nc(Cl)nc2ccsc12. The van der Waals surface area contributed by atoms with Crippen LogP contribution >= 0.6 is 22.9 Å². The highest BCUT2D eigenvalue weighted by Crippen LogP contribution is 2.30. The Balaban J connectivity index is 2.44. The Morgan fingerprint density at radius 3 is 2.37 bits per heavy atom. The summed E-state index contributed by atoms with van der Waals surface area (Å²) in [5.74, 6) is 2.15. The molecule has 0 atom stereocenters. The quantitative estimate of drug-likeness (QED) is 0.763. The molecule has 2 aromatic rings. The van der Waals surface area contributed by atoms with Crippen LogP contribution in [0.1, 0.15) is 27.7 Å². The smallest absolute Gasteiger partial charge is 0.224 e. The van der Waals surface area contributed by atoms with Crippen LogP contribution in [-0.2, 0) is 0 Å². The molecule has 5 heteroatoms. The second-order valence-corrected chi connectivity index (χ2v) is 6.90. The van der Waals surface area contributed by atoms with Gasteiger partial charge in [-0.05, 0) is 34.9 Å². The first-order valence-corrected chi connectivity index (χ1v) is 7.88. The lowest BCUT2D eigenvalue weighted by molar-refractivity contribution is 0.550. The van der Waals surface area contributed by atoms with Gasteiger partial charge in [-0.3, -0.25) is 0 Å². The molecule has 0 unspecified atom stereocenters. The van der Waals surface area contributed by atoms with Crippen molar-refractivity contribution in [3.05, 3.63) is 16.7 Å². The standard InChI is InChI=1S/C14H20ClN3S/c1-9(2)7-18(8-10(3)4)13-12-11(5-6-19-12)16-14(15)17-13/h5-6,9-10H,7-8H2,1-4H3. The van der Waals surface area contributed by atoms with E-state index in [4.69, 9.17) is 11.6 Å². The van der Waals surface area contributed by atoms with Gasteiger partial charge in [-0.1, -0.05) is 27.7 Å². The minimum atomic E-state index is 0.332. The molecule has 0 aliphatic heterocycles. The monoisotopic (exact) mass is 297 g/mol. The first-order chi connectivity index (χ1) is 8.97. The predicted molar refractivity (Wildman–Crippen MR) is 84.3 cm³/mol. The molecule has 19 heavy (non-hydrogen) atoms. The van der Waals surface area contributed by atoms with Gasteiger partial charge >= 0.3 is 0 Å². The first kappa shape index (κ1) is 14.5. The van der Waals surface area contributed by atoms with E-state index in [1.54, 1.807) is 11.3 Å². The van der Waals surface area contributed by atoms with Crippen molar-refractivity contribution in [3.8, 4) is 0 Å². The van der Waals surface area contributed by atoms with E-state index in [0.717, 1.165) is 29.1 Å². The third-order valence-electron chi connectivity index (χ3n) is 2.73. The van der Waals surface area contributed by atoms with Gasteiger partial charge in [0.15, 0.2) is 5.82 Å². The van der Waals surface area contributed by atoms with E-state index in [1.165, 1.54) is 0 Å². The Labute approximate surface area is 123 Å². The van der Waals surface area contributed by atoms with Gasteiger partial charge in [-0.2, -0.15) is 4.98 Å². The number of anilines is 1. The molecule has 0 saturated heterocycles. The van der Waals surface area contributed by atoms with Crippen LogP contribution in [0.15, 0.2) is 11.4 Å². The zero-order valence-corrected chi connectivity index (χ0v) is 13.4. The van der Waals surface area contributed by atoms with Crippen molar-refractivity contribution in [3.63, 3.8) is 0 Å². The molecule has 0 amide bonds. The summed E-state index contributed by atoms with van der Waals surface area (Å²) in [5.41, 5.74) is 0.942. The van der Waals surface area contributed by atoms with Crippen molar-refractivity contribution in [1.29, 1.82) is 0 Å². The Bertz CT molecular complexity index is 541. The maximum Gasteiger partial charge on any atom is 0.224 e. The number of hydrogen-bond acceptors (Lipinski definition) is 4. The number of nitrogens with zero attached hydrogens (tertiary/aromatic N) is 3. The molecule has 0 bridgehead atoms. The fourth-order valence-corrected chi connectivity index (χ4v) is 3.18. The Morgan fingerprint density at radius 2 is 1.79 bits per heavy atom. The van der Waals surface area contributed by atoms with Crippen molar-refractivity contribution in [2.75, 3.05) is 18.0 Å². The van der Waals surface area contributed by atoms with Gasteiger partial charge in [0.25, 0.3) is 0 Å². The number of thiophene rings is 1. The zero-order valence-electron chi connectivity index (χ0n) is 11.9. The van der Waals surface area contributed by atoms with E-state index in [0.29, 0.717) is 17.1 Å². The van der Waals surface area contributed by atoms with Gasteiger partial charge < -0.3 is 4.90 Å². The van der Waals surface area contributed by atoms with Crippen LogP contribution in [0.25, 0.3) is 10.2 Å². The summed E-state index contributed by atoms with van der Waals surface area (Å²) >= 11 is 7.73. The molecular formula is C14H20ClN3S. The average molecular weight is 298 g/mol. The molecule has 0 fully saturated rings. The van der Waals surface area contributed by atoms with Crippen LogP contribution in [0, 0.1) is 11.8 Å². The lowest BCUT2D eigenvalue weighted by atomic mass is 10.1. The minimum Gasteiger partial charge on any atom is -0.355 e. The zero-order chi connectivity index (χ0) is 14.0. The predicted octanol–water partition coefficient (Wildman–Crippen LogP) is 4.46. The molecule has 0 aromatic carbocycles. The Hall–Kier alpha value is -0.870. The minimum absolute atomic E-state index is 0.332. The van der Waals surface area contributed by atoms with Crippen LogP contribution in [-0.4, -0.2) is 23.1 Å². The molecule has 0 radical (unpaired) electrons. The lowest BCUT2D eigenvalue weighted by Gasteiger charge is -2.27. The summed E-state index contributed by atoms with van der Waals surface area (Å²) in [4.78, 5) is 11.1. The van der Waals surface area contributed by atoms with Crippen molar-refractivity contribution < 1.29 is 0 Å². The molecule has 0 N–H and O–H groups in total. The summed E-state index contributed by atoms with van der Waals surface area (Å²) in [6.07, 6.45) is 0. The first-order valence-electron chi connectivity index (χ1n) is 6.63. The van der Waals surface area contributed by atoms with Gasteiger partial charge in [-0.15, -0.1) is 11.3 Å². The van der Waals surface area contributed by atoms with Crippen molar-refractivity contribution >= 4 is 39.0 Å².